The second-order valence-corrected chi connectivity index (χ2v) is 12.6. The molecule has 11 nitrogen and oxygen atoms in total. The maximum Gasteiger partial charge on any atom is 0.408 e. The van der Waals surface area contributed by atoms with E-state index in [9.17, 15) is 24.0 Å². The molecule has 0 heterocycles. The number of rotatable bonds is 12. The number of alkyl carbamates (subject to hydrolysis) is 1. The van der Waals surface area contributed by atoms with Gasteiger partial charge in [0.2, 0.25) is 11.8 Å². The molecule has 0 fully saturated rings. The highest BCUT2D eigenvalue weighted by Crippen LogP contribution is 2.24. The Morgan fingerprint density at radius 3 is 1.96 bits per heavy atom. The first-order chi connectivity index (χ1) is 20.9. The lowest BCUT2D eigenvalue weighted by Gasteiger charge is -2.32. The van der Waals surface area contributed by atoms with Crippen molar-refractivity contribution in [1.29, 1.82) is 0 Å². The van der Waals surface area contributed by atoms with Gasteiger partial charge in [0, 0.05) is 18.9 Å². The molecule has 45 heavy (non-hydrogen) atoms. The Morgan fingerprint density at radius 2 is 1.44 bits per heavy atom. The molecule has 0 bridgehead atoms. The van der Waals surface area contributed by atoms with Gasteiger partial charge in [0.15, 0.2) is 0 Å². The summed E-state index contributed by atoms with van der Waals surface area (Å²) < 4.78 is 10.9. The van der Waals surface area contributed by atoms with E-state index >= 15 is 0 Å². The number of aryl methyl sites for hydroxylation is 1. The van der Waals surface area contributed by atoms with Gasteiger partial charge in [-0.15, -0.1) is 0 Å². The minimum atomic E-state index is -1.43. The van der Waals surface area contributed by atoms with E-state index in [0.717, 1.165) is 16.0 Å². The Labute approximate surface area is 265 Å². The highest BCUT2D eigenvalue weighted by molar-refractivity contribution is 5.95. The molecule has 0 spiro atoms. The number of hydrogen-bond acceptors (Lipinski definition) is 7. The van der Waals surface area contributed by atoms with Crippen molar-refractivity contribution in [3.63, 3.8) is 0 Å². The summed E-state index contributed by atoms with van der Waals surface area (Å²) in [5.74, 6) is -3.00. The monoisotopic (exact) mass is 620 g/mol. The lowest BCUT2D eigenvalue weighted by Crippen LogP contribution is -2.53. The lowest BCUT2D eigenvalue weighted by atomic mass is 9.99. The summed E-state index contributed by atoms with van der Waals surface area (Å²) in [5, 5.41) is 5.20. The van der Waals surface area contributed by atoms with E-state index in [-0.39, 0.29) is 19.3 Å². The fraction of sp³-hybridized carbons (Fsp3) is 0.441. The summed E-state index contributed by atoms with van der Waals surface area (Å²) in [7, 11) is 0. The Morgan fingerprint density at radius 1 is 0.867 bits per heavy atom. The molecule has 0 aliphatic rings. The summed E-state index contributed by atoms with van der Waals surface area (Å²) >= 11 is 0. The van der Waals surface area contributed by atoms with Gasteiger partial charge in [-0.05, 0) is 66.0 Å². The molecule has 3 unspecified atom stereocenters. The molecule has 3 atom stereocenters. The van der Waals surface area contributed by atoms with Gasteiger partial charge in [-0.1, -0.05) is 66.6 Å². The van der Waals surface area contributed by atoms with E-state index in [4.69, 9.17) is 21.6 Å². The summed E-state index contributed by atoms with van der Waals surface area (Å²) in [6.45, 7) is 11.9. The maximum atomic E-state index is 14.1. The average Bonchev–Trinajstić information content (AvgIpc) is 2.92. The molecule has 242 valence electrons. The molecule has 4 N–H and O–H groups in total. The molecule has 0 aliphatic carbocycles. The molecule has 2 rings (SSSR count). The number of primary amides is 1. The second kappa shape index (κ2) is 15.7. The lowest BCUT2D eigenvalue weighted by molar-refractivity contribution is -0.159. The molecule has 2 aromatic rings. The number of esters is 1. The van der Waals surface area contributed by atoms with Crippen molar-refractivity contribution in [2.75, 3.05) is 0 Å². The molecule has 0 saturated carbocycles. The van der Waals surface area contributed by atoms with Crippen LogP contribution in [0.15, 0.2) is 54.6 Å². The summed E-state index contributed by atoms with van der Waals surface area (Å²) in [5.41, 5.74) is 5.60. The van der Waals surface area contributed by atoms with Crippen LogP contribution < -0.4 is 16.4 Å². The number of nitrogens with two attached hydrogens (primary N) is 1. The van der Waals surface area contributed by atoms with Crippen LogP contribution in [-0.4, -0.2) is 58.0 Å². The first-order valence-corrected chi connectivity index (χ1v) is 14.6. The zero-order valence-electron chi connectivity index (χ0n) is 27.0. The Bertz CT molecular complexity index is 1390. The predicted molar refractivity (Wildman–Crippen MR) is 169 cm³/mol. The Kier molecular flexibility index (Phi) is 12.7. The van der Waals surface area contributed by atoms with Gasteiger partial charge in [0.1, 0.15) is 29.3 Å². The largest absolute Gasteiger partial charge is 0.458 e. The molecule has 0 aromatic heterocycles. The van der Waals surface area contributed by atoms with E-state index in [2.05, 4.69) is 16.7 Å². The van der Waals surface area contributed by atoms with Gasteiger partial charge in [-0.25, -0.2) is 9.59 Å². The highest BCUT2D eigenvalue weighted by Gasteiger charge is 2.38. The van der Waals surface area contributed by atoms with E-state index < -0.39 is 59.1 Å². The van der Waals surface area contributed by atoms with Crippen LogP contribution in [0, 0.1) is 19.4 Å². The van der Waals surface area contributed by atoms with Gasteiger partial charge in [-0.3, -0.25) is 19.3 Å². The minimum absolute atomic E-state index is 0.105. The molecule has 0 saturated heterocycles. The molecule has 11 heteroatoms. The number of nitrogens with one attached hydrogen (secondary N) is 2. The zero-order valence-corrected chi connectivity index (χ0v) is 27.0. The van der Waals surface area contributed by atoms with Gasteiger partial charge in [0.25, 0.3) is 5.91 Å². The number of nitrogens with zero attached hydrogens (tertiary/aromatic N) is 1. The van der Waals surface area contributed by atoms with Crippen LogP contribution in [0.5, 0.6) is 0 Å². The van der Waals surface area contributed by atoms with Crippen molar-refractivity contribution in [3.8, 4) is 12.5 Å². The van der Waals surface area contributed by atoms with Crippen LogP contribution >= 0.6 is 0 Å². The fourth-order valence-electron chi connectivity index (χ4n) is 4.26. The third-order valence-electron chi connectivity index (χ3n) is 6.24. The quantitative estimate of drug-likeness (QED) is 0.186. The van der Waals surface area contributed by atoms with Crippen LogP contribution in [0.3, 0.4) is 0 Å². The van der Waals surface area contributed by atoms with Gasteiger partial charge in [0.05, 0.1) is 0 Å². The third-order valence-corrected chi connectivity index (χ3v) is 6.24. The van der Waals surface area contributed by atoms with Crippen molar-refractivity contribution < 1.29 is 33.4 Å². The van der Waals surface area contributed by atoms with E-state index in [1.54, 1.807) is 77.9 Å². The van der Waals surface area contributed by atoms with Crippen molar-refractivity contribution in [1.82, 2.24) is 15.5 Å². The summed E-state index contributed by atoms with van der Waals surface area (Å²) in [4.78, 5) is 66.5. The first kappa shape index (κ1) is 36.3. The highest BCUT2D eigenvalue weighted by atomic mass is 16.6. The van der Waals surface area contributed by atoms with Crippen molar-refractivity contribution >= 4 is 29.8 Å². The minimum Gasteiger partial charge on any atom is -0.458 e. The number of hydrogen-bond donors (Lipinski definition) is 3. The van der Waals surface area contributed by atoms with Crippen LogP contribution in [0.2, 0.25) is 0 Å². The number of amides is 4. The number of carbonyl (C=O) groups excluding carboxylic acids is 5. The number of ether oxygens (including phenoxy) is 2. The molecular weight excluding hydrogens is 576 g/mol. The number of carbonyl (C=O) groups is 5. The van der Waals surface area contributed by atoms with Crippen LogP contribution in [0.4, 0.5) is 4.79 Å². The van der Waals surface area contributed by atoms with Gasteiger partial charge < -0.3 is 25.8 Å². The van der Waals surface area contributed by atoms with Gasteiger partial charge in [-0.2, -0.15) is 0 Å². The normalized spacial score (nSPS) is 13.3. The zero-order chi connectivity index (χ0) is 33.9. The van der Waals surface area contributed by atoms with E-state index in [1.165, 1.54) is 0 Å². The molecular formula is C34H44N4O7. The number of terminal acetylenes is 1. The first-order valence-electron chi connectivity index (χ1n) is 14.6. The smallest absolute Gasteiger partial charge is 0.408 e. The van der Waals surface area contributed by atoms with E-state index in [1.807, 2.05) is 25.1 Å². The average molecular weight is 621 g/mol. The van der Waals surface area contributed by atoms with E-state index in [0.29, 0.717) is 5.56 Å². The number of benzene rings is 2. The van der Waals surface area contributed by atoms with Crippen molar-refractivity contribution in [2.24, 2.45) is 5.73 Å². The third kappa shape index (κ3) is 12.3. The second-order valence-electron chi connectivity index (χ2n) is 12.6. The molecule has 0 aliphatic heterocycles. The van der Waals surface area contributed by atoms with Crippen LogP contribution in [0.25, 0.3) is 0 Å². The van der Waals surface area contributed by atoms with Crippen LogP contribution in [-0.2, 0) is 35.1 Å². The Hall–Kier alpha value is -4.85. The maximum absolute atomic E-state index is 14.1. The molecule has 4 amide bonds. The summed E-state index contributed by atoms with van der Waals surface area (Å²) in [6, 6.07) is 14.2. The standard InChI is InChI=1S/C34H44N4O7/c1-9-38(30(41)25(19-20-27(35)39)37-32(43)45-34(6,7)8)28(24-17-15-22(2)16-18-24)29(40)36-26(31(42)44-33(3,4)5)21-23-13-11-10-12-14-23/h1,10-18,25-26,28H,19-21H2,2-8H3,(H2,35,39)(H,36,40)(H,37,43). The SMILES string of the molecule is C#CN(C(=O)C(CCC(N)=O)NC(=O)OC(C)(C)C)C(C(=O)NC(Cc1ccccc1)C(=O)OC(C)(C)C)c1ccc(C)cc1. The van der Waals surface area contributed by atoms with Crippen molar-refractivity contribution in [3.05, 3.63) is 71.3 Å². The van der Waals surface area contributed by atoms with Crippen molar-refractivity contribution in [2.45, 2.75) is 97.1 Å². The van der Waals surface area contributed by atoms with Crippen LogP contribution in [0.1, 0.15) is 77.1 Å². The topological polar surface area (TPSA) is 157 Å². The molecule has 0 radical (unpaired) electrons. The summed E-state index contributed by atoms with van der Waals surface area (Å²) in [6.07, 6.45) is 4.57. The Balaban J connectivity index is 2.54. The molecule has 2 aromatic carbocycles. The van der Waals surface area contributed by atoms with Gasteiger partial charge >= 0.3 is 12.1 Å². The predicted octanol–water partition coefficient (Wildman–Crippen LogP) is 3.68. The fourth-order valence-corrected chi connectivity index (χ4v) is 4.26.